The Balaban J connectivity index is 2.40. The zero-order valence-corrected chi connectivity index (χ0v) is 13.4. The van der Waals surface area contributed by atoms with Gasteiger partial charge in [0.2, 0.25) is 0 Å². The zero-order valence-electron chi connectivity index (χ0n) is 12.6. The third-order valence-corrected chi connectivity index (χ3v) is 6.09. The first-order valence-corrected chi connectivity index (χ1v) is 8.73. The molecule has 2 unspecified atom stereocenters. The maximum absolute atomic E-state index is 11.7. The highest BCUT2D eigenvalue weighted by Gasteiger charge is 2.35. The van der Waals surface area contributed by atoms with Crippen LogP contribution in [-0.4, -0.2) is 34.1 Å². The van der Waals surface area contributed by atoms with E-state index in [1.807, 2.05) is 20.0 Å². The Morgan fingerprint density at radius 3 is 2.55 bits per heavy atom. The van der Waals surface area contributed by atoms with Crippen LogP contribution in [0.15, 0.2) is 12.1 Å². The standard InChI is InChI=1S/C15H23NO3S/c1-10-5-6-13(15(19-4)11(10)2)14(16-3)12-7-8-20(17,18)9-12/h5-6,12,14,16H,7-9H2,1-4H3. The van der Waals surface area contributed by atoms with Gasteiger partial charge in [0.15, 0.2) is 9.84 Å². The van der Waals surface area contributed by atoms with Crippen LogP contribution >= 0.6 is 0 Å². The van der Waals surface area contributed by atoms with Crippen LogP contribution in [0.1, 0.15) is 29.2 Å². The summed E-state index contributed by atoms with van der Waals surface area (Å²) in [5, 5.41) is 3.28. The highest BCUT2D eigenvalue weighted by Crippen LogP contribution is 2.37. The van der Waals surface area contributed by atoms with Crippen molar-refractivity contribution in [3.8, 4) is 5.75 Å². The SMILES string of the molecule is CNC(c1ccc(C)c(C)c1OC)C1CCS(=O)(=O)C1. The fourth-order valence-electron chi connectivity index (χ4n) is 3.06. The number of sulfone groups is 1. The largest absolute Gasteiger partial charge is 0.496 e. The van der Waals surface area contributed by atoms with E-state index in [2.05, 4.69) is 18.3 Å². The third-order valence-electron chi connectivity index (χ3n) is 4.30. The molecule has 0 aliphatic carbocycles. The van der Waals surface area contributed by atoms with E-state index in [0.29, 0.717) is 12.2 Å². The first kappa shape index (κ1) is 15.3. The highest BCUT2D eigenvalue weighted by molar-refractivity contribution is 7.91. The lowest BCUT2D eigenvalue weighted by Crippen LogP contribution is -2.27. The zero-order chi connectivity index (χ0) is 14.9. The second kappa shape index (κ2) is 5.74. The number of rotatable bonds is 4. The van der Waals surface area contributed by atoms with Gasteiger partial charge in [-0.25, -0.2) is 8.42 Å². The number of nitrogens with one attached hydrogen (secondary N) is 1. The van der Waals surface area contributed by atoms with Crippen molar-refractivity contribution >= 4 is 9.84 Å². The number of hydrogen-bond donors (Lipinski definition) is 1. The molecule has 1 aromatic rings. The van der Waals surface area contributed by atoms with Crippen LogP contribution in [0, 0.1) is 19.8 Å². The Morgan fingerprint density at radius 2 is 2.05 bits per heavy atom. The lowest BCUT2D eigenvalue weighted by Gasteiger charge is -2.25. The lowest BCUT2D eigenvalue weighted by molar-refractivity contribution is 0.371. The molecule has 20 heavy (non-hydrogen) atoms. The van der Waals surface area contributed by atoms with Crippen LogP contribution in [0.25, 0.3) is 0 Å². The summed E-state index contributed by atoms with van der Waals surface area (Å²) in [5.41, 5.74) is 3.35. The maximum atomic E-state index is 11.7. The molecule has 1 aliphatic heterocycles. The number of benzene rings is 1. The Kier molecular flexibility index (Phi) is 4.39. The molecule has 1 fully saturated rings. The lowest BCUT2D eigenvalue weighted by atomic mass is 9.90. The second-order valence-electron chi connectivity index (χ2n) is 5.56. The normalized spacial score (nSPS) is 22.7. The van der Waals surface area contributed by atoms with Crippen molar-refractivity contribution in [2.45, 2.75) is 26.3 Å². The van der Waals surface area contributed by atoms with E-state index in [-0.39, 0.29) is 17.7 Å². The van der Waals surface area contributed by atoms with Gasteiger partial charge in [0.25, 0.3) is 0 Å². The molecule has 1 N–H and O–H groups in total. The van der Waals surface area contributed by atoms with Crippen molar-refractivity contribution in [1.82, 2.24) is 5.32 Å². The Hall–Kier alpha value is -1.07. The third kappa shape index (κ3) is 2.83. The van der Waals surface area contributed by atoms with Crippen molar-refractivity contribution < 1.29 is 13.2 Å². The molecule has 0 amide bonds. The molecule has 0 aromatic heterocycles. The quantitative estimate of drug-likeness (QED) is 0.923. The summed E-state index contributed by atoms with van der Waals surface area (Å²) in [5.74, 6) is 1.53. The van der Waals surface area contributed by atoms with Crippen molar-refractivity contribution in [2.75, 3.05) is 25.7 Å². The summed E-state index contributed by atoms with van der Waals surface area (Å²) in [6.45, 7) is 4.09. The summed E-state index contributed by atoms with van der Waals surface area (Å²) in [6.07, 6.45) is 0.712. The summed E-state index contributed by atoms with van der Waals surface area (Å²) >= 11 is 0. The highest BCUT2D eigenvalue weighted by atomic mass is 32.2. The molecule has 0 spiro atoms. The van der Waals surface area contributed by atoms with Gasteiger partial charge in [-0.2, -0.15) is 0 Å². The average molecular weight is 297 g/mol. The van der Waals surface area contributed by atoms with Crippen molar-refractivity contribution in [2.24, 2.45) is 5.92 Å². The van der Waals surface area contributed by atoms with E-state index in [1.165, 1.54) is 5.56 Å². The van der Waals surface area contributed by atoms with Gasteiger partial charge >= 0.3 is 0 Å². The molecule has 1 aromatic carbocycles. The van der Waals surface area contributed by atoms with Crippen LogP contribution in [0.3, 0.4) is 0 Å². The van der Waals surface area contributed by atoms with E-state index in [0.717, 1.165) is 16.9 Å². The van der Waals surface area contributed by atoms with Crippen LogP contribution in [0.5, 0.6) is 5.75 Å². The van der Waals surface area contributed by atoms with Gasteiger partial charge in [0, 0.05) is 11.6 Å². The van der Waals surface area contributed by atoms with Crippen molar-refractivity contribution in [1.29, 1.82) is 0 Å². The minimum atomic E-state index is -2.88. The van der Waals surface area contributed by atoms with Crippen LogP contribution in [-0.2, 0) is 9.84 Å². The summed E-state index contributed by atoms with van der Waals surface area (Å²) in [6, 6.07) is 4.13. The average Bonchev–Trinajstić information content (AvgIpc) is 2.75. The molecule has 2 rings (SSSR count). The second-order valence-corrected chi connectivity index (χ2v) is 7.79. The van der Waals surface area contributed by atoms with E-state index in [9.17, 15) is 8.42 Å². The van der Waals surface area contributed by atoms with E-state index in [1.54, 1.807) is 7.11 Å². The van der Waals surface area contributed by atoms with Crippen LogP contribution in [0.4, 0.5) is 0 Å². The van der Waals surface area contributed by atoms with E-state index >= 15 is 0 Å². The smallest absolute Gasteiger partial charge is 0.150 e. The molecule has 5 heteroatoms. The molecular weight excluding hydrogens is 274 g/mol. The molecule has 0 bridgehead atoms. The minimum Gasteiger partial charge on any atom is -0.496 e. The molecule has 1 heterocycles. The first-order valence-electron chi connectivity index (χ1n) is 6.91. The Morgan fingerprint density at radius 1 is 1.35 bits per heavy atom. The van der Waals surface area contributed by atoms with Gasteiger partial charge < -0.3 is 10.1 Å². The Bertz CT molecular complexity index is 595. The van der Waals surface area contributed by atoms with Gasteiger partial charge in [-0.1, -0.05) is 12.1 Å². The predicted molar refractivity (Wildman–Crippen MR) is 81.0 cm³/mol. The number of ether oxygens (including phenoxy) is 1. The summed E-state index contributed by atoms with van der Waals surface area (Å²) < 4.78 is 29.0. The monoisotopic (exact) mass is 297 g/mol. The summed E-state index contributed by atoms with van der Waals surface area (Å²) in [7, 11) is 0.672. The summed E-state index contributed by atoms with van der Waals surface area (Å²) in [4.78, 5) is 0. The first-order chi connectivity index (χ1) is 9.39. The van der Waals surface area contributed by atoms with Gasteiger partial charge in [-0.15, -0.1) is 0 Å². The van der Waals surface area contributed by atoms with E-state index < -0.39 is 9.84 Å². The van der Waals surface area contributed by atoms with Gasteiger partial charge in [-0.05, 0) is 44.4 Å². The topological polar surface area (TPSA) is 55.4 Å². The van der Waals surface area contributed by atoms with Crippen molar-refractivity contribution in [3.63, 3.8) is 0 Å². The molecule has 112 valence electrons. The Labute approximate surface area is 121 Å². The van der Waals surface area contributed by atoms with Crippen LogP contribution < -0.4 is 10.1 Å². The molecular formula is C15H23NO3S. The predicted octanol–water partition coefficient (Wildman–Crippen LogP) is 2.01. The number of hydrogen-bond acceptors (Lipinski definition) is 4. The van der Waals surface area contributed by atoms with Gasteiger partial charge in [0.1, 0.15) is 5.75 Å². The number of aryl methyl sites for hydroxylation is 1. The van der Waals surface area contributed by atoms with E-state index in [4.69, 9.17) is 4.74 Å². The van der Waals surface area contributed by atoms with Gasteiger partial charge in [-0.3, -0.25) is 0 Å². The molecule has 4 nitrogen and oxygen atoms in total. The van der Waals surface area contributed by atoms with Crippen LogP contribution in [0.2, 0.25) is 0 Å². The number of methoxy groups -OCH3 is 1. The van der Waals surface area contributed by atoms with Gasteiger partial charge in [0.05, 0.1) is 18.6 Å². The molecule has 1 aliphatic rings. The maximum Gasteiger partial charge on any atom is 0.150 e. The fourth-order valence-corrected chi connectivity index (χ4v) is 4.90. The minimum absolute atomic E-state index is 0.0153. The molecule has 0 radical (unpaired) electrons. The molecule has 1 saturated heterocycles. The molecule has 0 saturated carbocycles. The molecule has 2 atom stereocenters. The fraction of sp³-hybridized carbons (Fsp3) is 0.600. The van der Waals surface area contributed by atoms with Crippen molar-refractivity contribution in [3.05, 3.63) is 28.8 Å².